The molecule has 136 heavy (non-hydrogen) atoms. The minimum Gasteiger partial charge on any atom is -0.275 e. The zero-order chi connectivity index (χ0) is 100. The van der Waals surface area contributed by atoms with Crippen molar-refractivity contribution in [2.75, 3.05) is 0 Å². The van der Waals surface area contributed by atoms with Crippen LogP contribution in [0.3, 0.4) is 0 Å². The van der Waals surface area contributed by atoms with E-state index in [9.17, 15) is 52.7 Å². The second kappa shape index (κ2) is 47.0. The molecular formula is C105H117Cl2F12N17. The van der Waals surface area contributed by atoms with Crippen molar-refractivity contribution < 1.29 is 52.7 Å². The summed E-state index contributed by atoms with van der Waals surface area (Å²) < 4.78 is 170. The van der Waals surface area contributed by atoms with Crippen LogP contribution in [0.5, 0.6) is 0 Å². The lowest BCUT2D eigenvalue weighted by Gasteiger charge is -2.11. The van der Waals surface area contributed by atoms with Gasteiger partial charge in [-0.05, 0) is 180 Å². The van der Waals surface area contributed by atoms with E-state index in [0.29, 0.717) is 46.1 Å². The van der Waals surface area contributed by atoms with Crippen LogP contribution in [0.25, 0.3) is 89.1 Å². The second-order valence-corrected chi connectivity index (χ2v) is 36.3. The zero-order valence-electron chi connectivity index (χ0n) is 80.9. The maximum atomic E-state index is 13.9. The Morgan fingerprint density at radius 2 is 0.699 bits per heavy atom. The van der Waals surface area contributed by atoms with Gasteiger partial charge in [-0.15, -0.1) is 0 Å². The number of aromatic nitrogens is 17. The third kappa shape index (κ3) is 29.1. The number of aryl methyl sites for hydroxylation is 8. The van der Waals surface area contributed by atoms with E-state index in [0.717, 1.165) is 103 Å². The van der Waals surface area contributed by atoms with E-state index in [1.54, 1.807) is 98.7 Å². The summed E-state index contributed by atoms with van der Waals surface area (Å²) in [6.07, 6.45) is 13.3. The highest BCUT2D eigenvalue weighted by atomic mass is 35.5. The van der Waals surface area contributed by atoms with Gasteiger partial charge in [0.25, 0.3) is 0 Å². The van der Waals surface area contributed by atoms with Gasteiger partial charge in [-0.25, -0.2) is 26.3 Å². The van der Waals surface area contributed by atoms with Crippen LogP contribution < -0.4 is 0 Å². The molecular weight excluding hydrogens is 1800 g/mol. The zero-order valence-corrected chi connectivity index (χ0v) is 82.4. The molecule has 0 saturated carbocycles. The van der Waals surface area contributed by atoms with Crippen molar-refractivity contribution in [2.45, 2.75) is 170 Å². The van der Waals surface area contributed by atoms with Crippen LogP contribution in [-0.4, -0.2) is 83.5 Å². The third-order valence-corrected chi connectivity index (χ3v) is 22.6. The molecule has 31 heteroatoms. The summed E-state index contributed by atoms with van der Waals surface area (Å²) in [4.78, 5) is 1.46. The molecule has 0 aliphatic carbocycles. The van der Waals surface area contributed by atoms with Crippen LogP contribution in [0, 0.1) is 34.9 Å². The van der Waals surface area contributed by atoms with E-state index >= 15 is 0 Å². The lowest BCUT2D eigenvalue weighted by molar-refractivity contribution is -0.143. The fourth-order valence-electron chi connectivity index (χ4n) is 14.3. The summed E-state index contributed by atoms with van der Waals surface area (Å²) >= 11 is 12.5. The molecule has 0 aliphatic rings. The van der Waals surface area contributed by atoms with Crippen LogP contribution in [0.15, 0.2) is 226 Å². The summed E-state index contributed by atoms with van der Waals surface area (Å²) in [6, 6.07) is 42.2. The Bertz CT molecular complexity index is 6510. The van der Waals surface area contributed by atoms with Crippen molar-refractivity contribution >= 4 is 23.2 Å². The molecule has 17 nitrogen and oxygen atoms in total. The van der Waals surface area contributed by atoms with E-state index in [4.69, 9.17) is 23.2 Å². The van der Waals surface area contributed by atoms with Crippen molar-refractivity contribution in [3.63, 3.8) is 0 Å². The maximum absolute atomic E-state index is 13.9. The summed E-state index contributed by atoms with van der Waals surface area (Å²) in [5.41, 5.74) is 16.8. The van der Waals surface area contributed by atoms with Crippen molar-refractivity contribution in [3.05, 3.63) is 327 Å². The first-order valence-electron chi connectivity index (χ1n) is 44.2. The molecule has 0 N–H and O–H groups in total. The molecule has 0 amide bonds. The Kier molecular flexibility index (Phi) is 36.9. The van der Waals surface area contributed by atoms with Crippen LogP contribution >= 0.6 is 23.2 Å². The minimum absolute atomic E-state index is 0.0277. The summed E-state index contributed by atoms with van der Waals surface area (Å²) in [5, 5.41) is 37.3. The molecule has 0 aliphatic heterocycles. The van der Waals surface area contributed by atoms with Gasteiger partial charge in [-0.2, -0.15) is 77.0 Å². The number of nitrogens with zero attached hydrogens (tertiary/aromatic N) is 17. The third-order valence-electron chi connectivity index (χ3n) is 22.0. The SMILES string of the molecule is CC(C)c1cc(-c2cnn(C)c2)ccc1F.CC(C)c1cc(F)c(F)c(-c2cnn(C)c2)c1.CC(C)c1cc(F)cc(-c2cnn(C)c2)c1.CC(C)c1ccc(-c2cn(C)nc2C(F)(F)F)cc1F.CC(C)c1ccc(-c2cnn(C)c2)c(Cl)c1.CC(C)c1ccc(-c2cnn(C)c2)cc1Cl.CC(C)c1ccc(-c2cnn(C)c2C(F)(F)F)cc1.CC(C)c1ccc(-c2cnn(C)n2)cc1F. The predicted molar refractivity (Wildman–Crippen MR) is 519 cm³/mol. The predicted octanol–water partition coefficient (Wildman–Crippen LogP) is 29.3. The van der Waals surface area contributed by atoms with Gasteiger partial charge in [0.15, 0.2) is 17.3 Å². The summed E-state index contributed by atoms with van der Waals surface area (Å²) in [5.74, 6) is -0.502. The first-order valence-corrected chi connectivity index (χ1v) is 45.0. The highest BCUT2D eigenvalue weighted by molar-refractivity contribution is 6.33. The normalized spacial score (nSPS) is 11.4. The smallest absolute Gasteiger partial charge is 0.275 e. The van der Waals surface area contributed by atoms with Crippen LogP contribution in [-0.2, 0) is 68.7 Å². The molecule has 0 atom stereocenters. The van der Waals surface area contributed by atoms with E-state index in [-0.39, 0.29) is 63.4 Å². The molecule has 16 aromatic rings. The Morgan fingerprint density at radius 1 is 0.265 bits per heavy atom. The summed E-state index contributed by atoms with van der Waals surface area (Å²) in [7, 11) is 13.7. The molecule has 0 radical (unpaired) electrons. The quantitative estimate of drug-likeness (QED) is 0.0860. The van der Waals surface area contributed by atoms with E-state index in [1.807, 2.05) is 183 Å². The first-order chi connectivity index (χ1) is 63.8. The summed E-state index contributed by atoms with van der Waals surface area (Å²) in [6.45, 7) is 32.3. The fourth-order valence-corrected chi connectivity index (χ4v) is 15.0. The van der Waals surface area contributed by atoms with Crippen molar-refractivity contribution in [3.8, 4) is 89.1 Å². The molecule has 8 heterocycles. The first kappa shape index (κ1) is 107. The Morgan fingerprint density at radius 3 is 1.14 bits per heavy atom. The molecule has 720 valence electrons. The Balaban J connectivity index is 0.000000174. The minimum atomic E-state index is -4.57. The van der Waals surface area contributed by atoms with Crippen molar-refractivity contribution in [1.82, 2.24) is 83.5 Å². The molecule has 0 fully saturated rings. The molecule has 8 aromatic carbocycles. The number of hydrogen-bond donors (Lipinski definition) is 0. The Hall–Kier alpha value is -12.9. The Labute approximate surface area is 797 Å². The number of hydrogen-bond acceptors (Lipinski definition) is 9. The molecule has 16 rings (SSSR count). The molecule has 8 aromatic heterocycles. The van der Waals surface area contributed by atoms with E-state index in [1.165, 1.54) is 78.9 Å². The van der Waals surface area contributed by atoms with Gasteiger partial charge in [0, 0.05) is 159 Å². The number of benzene rings is 8. The van der Waals surface area contributed by atoms with Crippen LogP contribution in [0.1, 0.15) is 214 Å². The highest BCUT2D eigenvalue weighted by Gasteiger charge is 2.39. The van der Waals surface area contributed by atoms with Gasteiger partial charge in [0.2, 0.25) is 0 Å². The monoisotopic (exact) mass is 1910 g/mol. The van der Waals surface area contributed by atoms with Gasteiger partial charge < -0.3 is 0 Å². The average Bonchev–Trinajstić information content (AvgIpc) is 1.64. The molecule has 0 bridgehead atoms. The van der Waals surface area contributed by atoms with Crippen LogP contribution in [0.2, 0.25) is 10.0 Å². The largest absolute Gasteiger partial charge is 0.435 e. The molecule has 0 spiro atoms. The molecule has 0 unspecified atom stereocenters. The van der Waals surface area contributed by atoms with Gasteiger partial charge in [0.05, 0.1) is 43.4 Å². The lowest BCUT2D eigenvalue weighted by atomic mass is 9.98. The van der Waals surface area contributed by atoms with Crippen molar-refractivity contribution in [2.24, 2.45) is 56.4 Å². The maximum Gasteiger partial charge on any atom is 0.435 e. The van der Waals surface area contributed by atoms with E-state index < -0.39 is 41.2 Å². The molecule has 0 saturated heterocycles. The number of halogens is 14. The van der Waals surface area contributed by atoms with Crippen molar-refractivity contribution in [1.29, 1.82) is 0 Å². The number of alkyl halides is 6. The van der Waals surface area contributed by atoms with Crippen LogP contribution in [0.4, 0.5) is 52.7 Å². The standard InChI is InChI=1S/C14H14F4N2.C14H15F3N2.2C13H15ClN2.C13H14F2N2.2C13H15FN2.C12H14FN3/c1-8(2)10-5-4-9(6-12(10)15)11-7-20(3)19-13(11)14(16,17)18;1-9(2)10-4-6-11(7-5-10)12-8-18-19(3)13(12)14(15,16)17;1-9(2)12-5-4-10(6-13(12)14)11-7-15-16(3)8-11;1-9(2)10-4-5-12(13(14)6-10)11-7-15-16(3)8-11;1-8(2)9-4-11(13(15)12(14)5-9)10-6-16-17(3)7-10;1-9(2)10-4-11(6-13(14)5-10)12-7-15-16(3)8-12;1-9(2)12-6-10(4-5-13(12)14)11-7-15-16(3)8-11;1-8(2)10-5-4-9(6-11(10)13)12-7-14-16(3)15-12/h4-8H,1-3H3;4-9H,1-3H3;2*4-9H,1-3H3;4-8H,1-3H3;2*4-9H,1-3H3;4-8H,1-3H3. The fraction of sp³-hybridized carbons (Fsp3) is 0.324. The van der Waals surface area contributed by atoms with Gasteiger partial charge >= 0.3 is 12.4 Å². The topological polar surface area (TPSA) is 155 Å². The second-order valence-electron chi connectivity index (χ2n) is 35.5. The number of rotatable bonds is 16. The van der Waals surface area contributed by atoms with E-state index in [2.05, 4.69) is 112 Å². The average molecular weight is 1920 g/mol. The lowest BCUT2D eigenvalue weighted by Crippen LogP contribution is -2.13. The van der Waals surface area contributed by atoms with Gasteiger partial charge in [-0.3, -0.25) is 32.8 Å². The van der Waals surface area contributed by atoms with Gasteiger partial charge in [-0.1, -0.05) is 219 Å². The van der Waals surface area contributed by atoms with Gasteiger partial charge in [0.1, 0.15) is 34.7 Å². The highest BCUT2D eigenvalue weighted by Crippen LogP contribution is 2.41.